The zero-order valence-corrected chi connectivity index (χ0v) is 18.5. The molecule has 6 heteroatoms. The number of amides is 1. The Hall–Kier alpha value is -3.38. The second-order valence-electron chi connectivity index (χ2n) is 8.71. The van der Waals surface area contributed by atoms with Crippen molar-refractivity contribution in [1.82, 2.24) is 10.3 Å². The van der Waals surface area contributed by atoms with Crippen molar-refractivity contribution in [3.8, 4) is 22.6 Å². The van der Waals surface area contributed by atoms with E-state index >= 15 is 0 Å². The Bertz CT molecular complexity index is 1100. The number of carbonyl (C=O) groups excluding carboxylic acids is 1. The van der Waals surface area contributed by atoms with Gasteiger partial charge in [0.25, 0.3) is 0 Å². The van der Waals surface area contributed by atoms with Gasteiger partial charge in [0, 0.05) is 25.6 Å². The predicted molar refractivity (Wildman–Crippen MR) is 125 cm³/mol. The maximum absolute atomic E-state index is 13.5. The van der Waals surface area contributed by atoms with Crippen molar-refractivity contribution in [1.29, 1.82) is 0 Å². The summed E-state index contributed by atoms with van der Waals surface area (Å²) < 4.78 is 17.4. The van der Waals surface area contributed by atoms with Crippen LogP contribution >= 0.6 is 0 Å². The summed E-state index contributed by atoms with van der Waals surface area (Å²) in [5.74, 6) is 1.52. The van der Waals surface area contributed by atoms with Crippen molar-refractivity contribution in [3.63, 3.8) is 0 Å². The van der Waals surface area contributed by atoms with Crippen LogP contribution in [-0.2, 0) is 16.0 Å². The summed E-state index contributed by atoms with van der Waals surface area (Å²) in [6, 6.07) is 20.0. The molecule has 0 saturated carbocycles. The van der Waals surface area contributed by atoms with Crippen LogP contribution in [0.15, 0.2) is 73.1 Å². The molecule has 5 rings (SSSR count). The van der Waals surface area contributed by atoms with Crippen LogP contribution in [0, 0.1) is 5.41 Å². The third kappa shape index (κ3) is 4.86. The van der Waals surface area contributed by atoms with E-state index in [1.807, 2.05) is 36.4 Å². The summed E-state index contributed by atoms with van der Waals surface area (Å²) in [5, 5.41) is 3.15. The van der Waals surface area contributed by atoms with Gasteiger partial charge in [-0.05, 0) is 60.2 Å². The third-order valence-electron chi connectivity index (χ3n) is 6.47. The fourth-order valence-electron chi connectivity index (χ4n) is 4.60. The Labute approximate surface area is 193 Å². The number of aromatic nitrogens is 1. The van der Waals surface area contributed by atoms with Gasteiger partial charge in [-0.25, -0.2) is 0 Å². The van der Waals surface area contributed by atoms with Crippen molar-refractivity contribution in [2.45, 2.75) is 25.4 Å². The van der Waals surface area contributed by atoms with Gasteiger partial charge in [0.05, 0.1) is 12.0 Å². The Balaban J connectivity index is 1.28. The minimum atomic E-state index is -0.497. The molecule has 1 N–H and O–H groups in total. The van der Waals surface area contributed by atoms with Gasteiger partial charge < -0.3 is 19.5 Å². The van der Waals surface area contributed by atoms with Gasteiger partial charge in [-0.1, -0.05) is 36.4 Å². The van der Waals surface area contributed by atoms with E-state index in [-0.39, 0.29) is 12.0 Å². The number of fused-ring (bicyclic) bond motifs is 1. The Morgan fingerprint density at radius 1 is 0.970 bits per heavy atom. The summed E-state index contributed by atoms with van der Waals surface area (Å²) in [5.41, 5.74) is 2.89. The summed E-state index contributed by atoms with van der Waals surface area (Å²) in [6.45, 7) is 2.01. The van der Waals surface area contributed by atoms with Crippen molar-refractivity contribution in [3.05, 3.63) is 78.6 Å². The first-order valence-electron chi connectivity index (χ1n) is 11.5. The highest BCUT2D eigenvalue weighted by Crippen LogP contribution is 2.36. The number of pyridine rings is 1. The van der Waals surface area contributed by atoms with Crippen molar-refractivity contribution in [2.24, 2.45) is 5.41 Å². The lowest BCUT2D eigenvalue weighted by Gasteiger charge is -2.36. The van der Waals surface area contributed by atoms with Crippen LogP contribution < -0.4 is 14.8 Å². The molecular weight excluding hydrogens is 416 g/mol. The van der Waals surface area contributed by atoms with E-state index in [1.54, 1.807) is 12.4 Å². The Morgan fingerprint density at radius 2 is 1.76 bits per heavy atom. The van der Waals surface area contributed by atoms with Gasteiger partial charge in [-0.2, -0.15) is 0 Å². The zero-order chi connectivity index (χ0) is 22.5. The van der Waals surface area contributed by atoms with Crippen LogP contribution in [-0.4, -0.2) is 43.4 Å². The first-order valence-corrected chi connectivity index (χ1v) is 11.5. The zero-order valence-electron chi connectivity index (χ0n) is 18.5. The average molecular weight is 445 g/mol. The van der Waals surface area contributed by atoms with Crippen LogP contribution in [0.4, 0.5) is 0 Å². The number of para-hydroxylation sites is 2. The molecule has 2 aliphatic rings. The maximum Gasteiger partial charge on any atom is 0.226 e. The molecule has 0 unspecified atom stereocenters. The smallest absolute Gasteiger partial charge is 0.226 e. The molecule has 1 atom stereocenters. The first kappa shape index (κ1) is 21.5. The van der Waals surface area contributed by atoms with Crippen molar-refractivity contribution in [2.75, 3.05) is 26.4 Å². The van der Waals surface area contributed by atoms with Crippen LogP contribution in [0.3, 0.4) is 0 Å². The maximum atomic E-state index is 13.5. The normalized spacial score (nSPS) is 19.0. The average Bonchev–Trinajstić information content (AvgIpc) is 2.88. The summed E-state index contributed by atoms with van der Waals surface area (Å²) in [4.78, 5) is 17.6. The molecule has 6 nitrogen and oxygen atoms in total. The minimum Gasteiger partial charge on any atom is -0.486 e. The van der Waals surface area contributed by atoms with E-state index in [9.17, 15) is 4.79 Å². The molecule has 3 aromatic rings. The number of nitrogens with one attached hydrogen (secondary N) is 1. The molecule has 0 spiro atoms. The molecule has 2 aliphatic heterocycles. The van der Waals surface area contributed by atoms with Crippen molar-refractivity contribution < 1.29 is 19.0 Å². The van der Waals surface area contributed by atoms with Gasteiger partial charge in [-0.15, -0.1) is 0 Å². The number of hydrogen-bond donors (Lipinski definition) is 1. The first-order chi connectivity index (χ1) is 16.2. The second kappa shape index (κ2) is 9.63. The summed E-state index contributed by atoms with van der Waals surface area (Å²) in [7, 11) is 0. The summed E-state index contributed by atoms with van der Waals surface area (Å²) >= 11 is 0. The van der Waals surface area contributed by atoms with Crippen LogP contribution in [0.2, 0.25) is 0 Å². The number of hydrogen-bond acceptors (Lipinski definition) is 5. The van der Waals surface area contributed by atoms with E-state index in [4.69, 9.17) is 14.2 Å². The molecule has 2 aromatic carbocycles. The minimum absolute atomic E-state index is 0.0579. The molecule has 3 heterocycles. The molecule has 1 saturated heterocycles. The third-order valence-corrected chi connectivity index (χ3v) is 6.47. The second-order valence-corrected chi connectivity index (χ2v) is 8.71. The molecule has 1 aromatic heterocycles. The van der Waals surface area contributed by atoms with Gasteiger partial charge >= 0.3 is 0 Å². The fraction of sp³-hybridized carbons (Fsp3) is 0.333. The lowest BCUT2D eigenvalue weighted by molar-refractivity contribution is -0.137. The largest absolute Gasteiger partial charge is 0.486 e. The highest BCUT2D eigenvalue weighted by Gasteiger charge is 2.40. The van der Waals surface area contributed by atoms with E-state index in [0.29, 0.717) is 45.6 Å². The number of ether oxygens (including phenoxy) is 3. The van der Waals surface area contributed by atoms with Gasteiger partial charge in [-0.3, -0.25) is 9.78 Å². The van der Waals surface area contributed by atoms with Crippen LogP contribution in [0.25, 0.3) is 11.1 Å². The number of carbonyl (C=O) groups is 1. The molecule has 0 bridgehead atoms. The van der Waals surface area contributed by atoms with Gasteiger partial charge in [0.2, 0.25) is 5.91 Å². The van der Waals surface area contributed by atoms with E-state index in [2.05, 4.69) is 34.6 Å². The van der Waals surface area contributed by atoms with Gasteiger partial charge in [0.15, 0.2) is 11.5 Å². The molecule has 0 aliphatic carbocycles. The fourth-order valence-corrected chi connectivity index (χ4v) is 4.60. The molecule has 170 valence electrons. The predicted octanol–water partition coefficient (Wildman–Crippen LogP) is 4.04. The van der Waals surface area contributed by atoms with Crippen LogP contribution in [0.1, 0.15) is 18.4 Å². The summed E-state index contributed by atoms with van der Waals surface area (Å²) in [6.07, 6.45) is 5.45. The van der Waals surface area contributed by atoms with E-state index in [1.165, 1.54) is 0 Å². The lowest BCUT2D eigenvalue weighted by atomic mass is 9.74. The molecular formula is C27H28N2O4. The molecule has 1 fully saturated rings. The monoisotopic (exact) mass is 444 g/mol. The molecule has 0 radical (unpaired) electrons. The molecule has 1 amide bonds. The topological polar surface area (TPSA) is 69.7 Å². The molecule has 33 heavy (non-hydrogen) atoms. The number of nitrogens with zero attached hydrogens (tertiary/aromatic N) is 1. The highest BCUT2D eigenvalue weighted by molar-refractivity contribution is 5.83. The van der Waals surface area contributed by atoms with Gasteiger partial charge in [0.1, 0.15) is 12.7 Å². The van der Waals surface area contributed by atoms with Crippen LogP contribution in [0.5, 0.6) is 11.5 Å². The highest BCUT2D eigenvalue weighted by atomic mass is 16.6. The lowest BCUT2D eigenvalue weighted by Crippen LogP contribution is -2.49. The Kier molecular flexibility index (Phi) is 6.26. The quantitative estimate of drug-likeness (QED) is 0.621. The van der Waals surface area contributed by atoms with Crippen molar-refractivity contribution >= 4 is 5.91 Å². The number of benzene rings is 2. The SMILES string of the molecule is O=C(NC[C@@H]1COc2ccccc2O1)C1(Cc2cccc(-c3ccncc3)c2)CCOCC1. The number of rotatable bonds is 6. The van der Waals surface area contributed by atoms with E-state index in [0.717, 1.165) is 28.2 Å². The van der Waals surface area contributed by atoms with E-state index < -0.39 is 5.41 Å². The standard InChI is InChI=1S/C27H28N2O4/c30-26(29-18-23-19-32-24-6-1-2-7-25(24)33-23)27(10-14-31-15-11-27)17-20-4-3-5-22(16-20)21-8-12-28-13-9-21/h1-9,12-13,16,23H,10-11,14-15,17-19H2,(H,29,30)/t23-/m1/s1. The Morgan fingerprint density at radius 3 is 2.58 bits per heavy atom.